The molecule has 2 aromatic carbocycles. The average molecular weight is 317 g/mol. The van der Waals surface area contributed by atoms with E-state index in [1.807, 2.05) is 59.4 Å². The molecule has 0 atom stereocenters. The minimum absolute atomic E-state index is 0.116. The molecule has 1 N–H and O–H groups in total. The molecule has 4 heteroatoms. The molecule has 0 aliphatic heterocycles. The number of nitrogens with one attached hydrogen (secondary N) is 1. The highest BCUT2D eigenvalue weighted by atomic mass is 16.1. The fraction of sp³-hybridized carbons (Fsp3) is 0.100. The molecule has 0 radical (unpaired) electrons. The molecule has 0 spiro atoms. The van der Waals surface area contributed by atoms with E-state index in [2.05, 4.69) is 22.5 Å². The molecule has 0 bridgehead atoms. The van der Waals surface area contributed by atoms with E-state index >= 15 is 0 Å². The first-order valence-electron chi connectivity index (χ1n) is 7.86. The van der Waals surface area contributed by atoms with Gasteiger partial charge in [0, 0.05) is 24.4 Å². The van der Waals surface area contributed by atoms with Gasteiger partial charge in [-0.15, -0.1) is 0 Å². The maximum atomic E-state index is 11.9. The molecule has 24 heavy (non-hydrogen) atoms. The number of rotatable bonds is 6. The van der Waals surface area contributed by atoms with E-state index in [0.717, 1.165) is 17.7 Å². The van der Waals surface area contributed by atoms with E-state index in [1.54, 1.807) is 12.3 Å². The first-order chi connectivity index (χ1) is 11.8. The Labute approximate surface area is 141 Å². The van der Waals surface area contributed by atoms with Crippen LogP contribution in [0, 0.1) is 0 Å². The predicted octanol–water partition coefficient (Wildman–Crippen LogP) is 3.26. The maximum absolute atomic E-state index is 11.9. The third kappa shape index (κ3) is 4.68. The van der Waals surface area contributed by atoms with Gasteiger partial charge in [0.2, 0.25) is 5.91 Å². The molecule has 0 saturated carbocycles. The third-order valence-corrected chi connectivity index (χ3v) is 3.58. The van der Waals surface area contributed by atoms with Gasteiger partial charge < -0.3 is 5.32 Å². The van der Waals surface area contributed by atoms with Crippen LogP contribution < -0.4 is 5.32 Å². The highest BCUT2D eigenvalue weighted by molar-refractivity contribution is 5.91. The Morgan fingerprint density at radius 2 is 1.67 bits per heavy atom. The first kappa shape index (κ1) is 15.7. The fourth-order valence-electron chi connectivity index (χ4n) is 2.34. The molecular formula is C20H19N3O. The van der Waals surface area contributed by atoms with Gasteiger partial charge in [-0.2, -0.15) is 5.10 Å². The molecule has 3 rings (SSSR count). The molecule has 1 heterocycles. The summed E-state index contributed by atoms with van der Waals surface area (Å²) in [6.45, 7) is 1.24. The van der Waals surface area contributed by atoms with Crippen molar-refractivity contribution in [1.82, 2.24) is 15.1 Å². The minimum atomic E-state index is -0.116. The van der Waals surface area contributed by atoms with Gasteiger partial charge in [-0.3, -0.25) is 9.48 Å². The Kier molecular flexibility index (Phi) is 5.20. The summed E-state index contributed by atoms with van der Waals surface area (Å²) < 4.78 is 1.86. The quantitative estimate of drug-likeness (QED) is 0.709. The van der Waals surface area contributed by atoms with Gasteiger partial charge >= 0.3 is 0 Å². The third-order valence-electron chi connectivity index (χ3n) is 3.58. The number of carbonyl (C=O) groups excluding carboxylic acids is 1. The second-order valence-corrected chi connectivity index (χ2v) is 5.49. The average Bonchev–Trinajstić information content (AvgIpc) is 3.07. The Hall–Kier alpha value is -3.14. The van der Waals surface area contributed by atoms with Crippen LogP contribution in [0.3, 0.4) is 0 Å². The van der Waals surface area contributed by atoms with E-state index < -0.39 is 0 Å². The number of aromatic nitrogens is 2. The maximum Gasteiger partial charge on any atom is 0.244 e. The molecule has 0 aliphatic carbocycles. The zero-order valence-electron chi connectivity index (χ0n) is 13.3. The first-order valence-corrected chi connectivity index (χ1v) is 7.86. The van der Waals surface area contributed by atoms with Crippen molar-refractivity contribution in [2.75, 3.05) is 0 Å². The molecule has 0 unspecified atom stereocenters. The molecule has 1 amide bonds. The van der Waals surface area contributed by atoms with E-state index in [0.29, 0.717) is 6.54 Å². The van der Waals surface area contributed by atoms with Gasteiger partial charge in [-0.25, -0.2) is 0 Å². The van der Waals surface area contributed by atoms with Crippen LogP contribution in [-0.2, 0) is 17.9 Å². The molecular weight excluding hydrogens is 298 g/mol. The number of hydrogen-bond donors (Lipinski definition) is 1. The van der Waals surface area contributed by atoms with Crippen molar-refractivity contribution < 1.29 is 4.79 Å². The predicted molar refractivity (Wildman–Crippen MR) is 95.1 cm³/mol. The van der Waals surface area contributed by atoms with E-state index in [9.17, 15) is 4.79 Å². The van der Waals surface area contributed by atoms with Crippen molar-refractivity contribution in [1.29, 1.82) is 0 Å². The number of carbonyl (C=O) groups is 1. The lowest BCUT2D eigenvalue weighted by Crippen LogP contribution is -2.20. The van der Waals surface area contributed by atoms with Crippen molar-refractivity contribution in [2.45, 2.75) is 13.1 Å². The van der Waals surface area contributed by atoms with Gasteiger partial charge in [0.25, 0.3) is 0 Å². The highest BCUT2D eigenvalue weighted by Crippen LogP contribution is 2.05. The summed E-state index contributed by atoms with van der Waals surface area (Å²) in [6, 6.07) is 20.0. The molecule has 120 valence electrons. The summed E-state index contributed by atoms with van der Waals surface area (Å²) in [5.74, 6) is -0.116. The van der Waals surface area contributed by atoms with Crippen LogP contribution in [0.25, 0.3) is 6.08 Å². The fourth-order valence-corrected chi connectivity index (χ4v) is 2.34. The summed E-state index contributed by atoms with van der Waals surface area (Å²) in [5, 5.41) is 7.18. The lowest BCUT2D eigenvalue weighted by atomic mass is 10.2. The van der Waals surface area contributed by atoms with Crippen LogP contribution in [0.1, 0.15) is 16.7 Å². The minimum Gasteiger partial charge on any atom is -0.348 e. The van der Waals surface area contributed by atoms with Crippen LogP contribution in [0.2, 0.25) is 0 Å². The Balaban J connectivity index is 1.52. The smallest absolute Gasteiger partial charge is 0.244 e. The van der Waals surface area contributed by atoms with E-state index in [-0.39, 0.29) is 5.91 Å². The summed E-state index contributed by atoms with van der Waals surface area (Å²) in [7, 11) is 0. The lowest BCUT2D eigenvalue weighted by molar-refractivity contribution is -0.116. The van der Waals surface area contributed by atoms with E-state index in [4.69, 9.17) is 0 Å². The molecule has 4 nitrogen and oxygen atoms in total. The lowest BCUT2D eigenvalue weighted by Gasteiger charge is -2.01. The van der Waals surface area contributed by atoms with Crippen molar-refractivity contribution in [3.8, 4) is 0 Å². The van der Waals surface area contributed by atoms with Crippen LogP contribution in [-0.4, -0.2) is 15.7 Å². The second kappa shape index (κ2) is 7.92. The van der Waals surface area contributed by atoms with Gasteiger partial charge in [-0.05, 0) is 17.2 Å². The number of nitrogens with zero attached hydrogens (tertiary/aromatic N) is 2. The summed E-state index contributed by atoms with van der Waals surface area (Å²) in [5.41, 5.74) is 3.17. The van der Waals surface area contributed by atoms with Crippen molar-refractivity contribution in [3.63, 3.8) is 0 Å². The SMILES string of the molecule is O=C(/C=C/c1cnn(Cc2ccccc2)c1)NCc1ccccc1. The second-order valence-electron chi connectivity index (χ2n) is 5.49. The summed E-state index contributed by atoms with van der Waals surface area (Å²) >= 11 is 0. The normalized spacial score (nSPS) is 10.8. The Morgan fingerprint density at radius 3 is 2.38 bits per heavy atom. The molecule has 0 saturated heterocycles. The molecule has 0 aliphatic rings. The van der Waals surface area contributed by atoms with Crippen molar-refractivity contribution in [2.24, 2.45) is 0 Å². The number of benzene rings is 2. The standard InChI is InChI=1S/C20H19N3O/c24-20(21-13-17-7-3-1-4-8-17)12-11-19-14-22-23(16-19)15-18-9-5-2-6-10-18/h1-12,14,16H,13,15H2,(H,21,24)/b12-11+. The monoisotopic (exact) mass is 317 g/mol. The Morgan fingerprint density at radius 1 is 1.00 bits per heavy atom. The van der Waals surface area contributed by atoms with Crippen LogP contribution in [0.5, 0.6) is 0 Å². The van der Waals surface area contributed by atoms with Crippen LogP contribution in [0.4, 0.5) is 0 Å². The molecule has 1 aromatic heterocycles. The largest absolute Gasteiger partial charge is 0.348 e. The Bertz CT molecular complexity index is 807. The van der Waals surface area contributed by atoms with Gasteiger partial charge in [0.1, 0.15) is 0 Å². The van der Waals surface area contributed by atoms with Gasteiger partial charge in [-0.1, -0.05) is 60.7 Å². The van der Waals surface area contributed by atoms with Crippen LogP contribution in [0.15, 0.2) is 79.1 Å². The van der Waals surface area contributed by atoms with Crippen molar-refractivity contribution in [3.05, 3.63) is 95.8 Å². The summed E-state index contributed by atoms with van der Waals surface area (Å²) in [4.78, 5) is 11.9. The van der Waals surface area contributed by atoms with E-state index in [1.165, 1.54) is 11.6 Å². The summed E-state index contributed by atoms with van der Waals surface area (Å²) in [6.07, 6.45) is 6.99. The molecule has 0 fully saturated rings. The van der Waals surface area contributed by atoms with Gasteiger partial charge in [0.05, 0.1) is 12.7 Å². The highest BCUT2D eigenvalue weighted by Gasteiger charge is 1.99. The number of hydrogen-bond acceptors (Lipinski definition) is 2. The molecule has 3 aromatic rings. The van der Waals surface area contributed by atoms with Gasteiger partial charge in [0.15, 0.2) is 0 Å². The zero-order chi connectivity index (χ0) is 16.6. The van der Waals surface area contributed by atoms with Crippen LogP contribution >= 0.6 is 0 Å². The van der Waals surface area contributed by atoms with Crippen molar-refractivity contribution >= 4 is 12.0 Å². The zero-order valence-corrected chi connectivity index (χ0v) is 13.3. The number of amides is 1. The topological polar surface area (TPSA) is 46.9 Å².